The first-order valence-corrected chi connectivity index (χ1v) is 8.24. The first-order chi connectivity index (χ1) is 9.40. The number of ether oxygens (including phenoxy) is 1. The van der Waals surface area contributed by atoms with Gasteiger partial charge in [-0.1, -0.05) is 0 Å². The standard InChI is InChI=1S/C14H22N2O3S/c1-14(7-8-14)16-20(17,18)13-5-4-12(19-3)10-11(13)6-9-15-2/h4-5,10,15-16H,6-9H2,1-3H3. The van der Waals surface area contributed by atoms with Crippen LogP contribution in [0.3, 0.4) is 0 Å². The number of likely N-dealkylation sites (N-methyl/N-ethyl adjacent to an activating group) is 1. The lowest BCUT2D eigenvalue weighted by molar-refractivity contribution is 0.413. The van der Waals surface area contributed by atoms with Gasteiger partial charge in [-0.25, -0.2) is 13.1 Å². The van der Waals surface area contributed by atoms with Crippen molar-refractivity contribution in [3.05, 3.63) is 23.8 Å². The summed E-state index contributed by atoms with van der Waals surface area (Å²) in [7, 11) is -0.0516. The predicted molar refractivity (Wildman–Crippen MR) is 78.6 cm³/mol. The molecule has 0 spiro atoms. The lowest BCUT2D eigenvalue weighted by atomic mass is 10.1. The third-order valence-electron chi connectivity index (χ3n) is 3.58. The monoisotopic (exact) mass is 298 g/mol. The molecule has 0 unspecified atom stereocenters. The van der Waals surface area contributed by atoms with Gasteiger partial charge in [0.05, 0.1) is 12.0 Å². The molecule has 6 heteroatoms. The average Bonchev–Trinajstić information content (AvgIpc) is 3.12. The maximum absolute atomic E-state index is 12.5. The number of hydrogen-bond donors (Lipinski definition) is 2. The van der Waals surface area contributed by atoms with E-state index < -0.39 is 10.0 Å². The molecule has 5 nitrogen and oxygen atoms in total. The Hall–Kier alpha value is -1.11. The molecule has 1 aliphatic rings. The average molecular weight is 298 g/mol. The fourth-order valence-corrected chi connectivity index (χ4v) is 3.79. The summed E-state index contributed by atoms with van der Waals surface area (Å²) in [6, 6.07) is 5.10. The molecule has 0 aliphatic heterocycles. The molecule has 0 atom stereocenters. The van der Waals surface area contributed by atoms with E-state index in [4.69, 9.17) is 4.74 Å². The van der Waals surface area contributed by atoms with Gasteiger partial charge in [0.2, 0.25) is 10.0 Å². The van der Waals surface area contributed by atoms with E-state index >= 15 is 0 Å². The molecule has 0 saturated heterocycles. The highest BCUT2D eigenvalue weighted by Gasteiger charge is 2.41. The Bertz CT molecular complexity index is 580. The van der Waals surface area contributed by atoms with Crippen LogP contribution in [0, 0.1) is 0 Å². The minimum absolute atomic E-state index is 0.265. The second-order valence-electron chi connectivity index (χ2n) is 5.49. The minimum atomic E-state index is -3.47. The molecule has 0 amide bonds. The zero-order chi connectivity index (χ0) is 14.8. The molecule has 20 heavy (non-hydrogen) atoms. The Kier molecular flexibility index (Phi) is 4.36. The Labute approximate surface area is 120 Å². The van der Waals surface area contributed by atoms with Crippen molar-refractivity contribution < 1.29 is 13.2 Å². The number of methoxy groups -OCH3 is 1. The van der Waals surface area contributed by atoms with Crippen molar-refractivity contribution in [2.24, 2.45) is 0 Å². The molecule has 1 aromatic carbocycles. The van der Waals surface area contributed by atoms with Crippen LogP contribution in [0.4, 0.5) is 0 Å². The number of rotatable bonds is 7. The highest BCUT2D eigenvalue weighted by Crippen LogP contribution is 2.36. The summed E-state index contributed by atoms with van der Waals surface area (Å²) in [5.41, 5.74) is 0.509. The van der Waals surface area contributed by atoms with Crippen molar-refractivity contribution in [3.63, 3.8) is 0 Å². The molecule has 0 radical (unpaired) electrons. The highest BCUT2D eigenvalue weighted by molar-refractivity contribution is 7.89. The zero-order valence-corrected chi connectivity index (χ0v) is 13.0. The molecule has 2 N–H and O–H groups in total. The van der Waals surface area contributed by atoms with E-state index in [9.17, 15) is 8.42 Å². The summed E-state index contributed by atoms with van der Waals surface area (Å²) < 4.78 is 33.0. The number of benzene rings is 1. The largest absolute Gasteiger partial charge is 0.497 e. The van der Waals surface area contributed by atoms with Gasteiger partial charge in [0.1, 0.15) is 5.75 Å². The summed E-state index contributed by atoms with van der Waals surface area (Å²) in [6.07, 6.45) is 2.43. The molecule has 0 aromatic heterocycles. The van der Waals surface area contributed by atoms with E-state index in [1.165, 1.54) is 0 Å². The van der Waals surface area contributed by atoms with Crippen LogP contribution in [-0.2, 0) is 16.4 Å². The van der Waals surface area contributed by atoms with Crippen LogP contribution in [0.15, 0.2) is 23.1 Å². The van der Waals surface area contributed by atoms with Crippen LogP contribution in [0.5, 0.6) is 5.75 Å². The Morgan fingerprint density at radius 3 is 2.60 bits per heavy atom. The van der Waals surface area contributed by atoms with Gasteiger partial charge in [-0.15, -0.1) is 0 Å². The zero-order valence-electron chi connectivity index (χ0n) is 12.2. The third-order valence-corrected chi connectivity index (χ3v) is 5.32. The SMILES string of the molecule is CNCCc1cc(OC)ccc1S(=O)(=O)NC1(C)CC1. The van der Waals surface area contributed by atoms with Crippen LogP contribution < -0.4 is 14.8 Å². The highest BCUT2D eigenvalue weighted by atomic mass is 32.2. The van der Waals surface area contributed by atoms with Crippen LogP contribution in [0.25, 0.3) is 0 Å². The van der Waals surface area contributed by atoms with Crippen molar-refractivity contribution in [2.75, 3.05) is 20.7 Å². The Balaban J connectivity index is 2.33. The summed E-state index contributed by atoms with van der Waals surface area (Å²) in [5, 5.41) is 3.04. The number of sulfonamides is 1. The molecule has 1 aromatic rings. The maximum Gasteiger partial charge on any atom is 0.241 e. The molecule has 112 valence electrons. The molecule has 1 fully saturated rings. The number of nitrogens with one attached hydrogen (secondary N) is 2. The molecule has 0 bridgehead atoms. The fraction of sp³-hybridized carbons (Fsp3) is 0.571. The maximum atomic E-state index is 12.5. The van der Waals surface area contributed by atoms with E-state index in [-0.39, 0.29) is 5.54 Å². The van der Waals surface area contributed by atoms with Gasteiger partial charge in [0.15, 0.2) is 0 Å². The van der Waals surface area contributed by atoms with Crippen molar-refractivity contribution in [2.45, 2.75) is 36.6 Å². The van der Waals surface area contributed by atoms with Crippen LogP contribution in [0.1, 0.15) is 25.3 Å². The molecule has 0 heterocycles. The van der Waals surface area contributed by atoms with Crippen molar-refractivity contribution >= 4 is 10.0 Å². The lowest BCUT2D eigenvalue weighted by Gasteiger charge is -2.16. The van der Waals surface area contributed by atoms with E-state index in [1.54, 1.807) is 25.3 Å². The lowest BCUT2D eigenvalue weighted by Crippen LogP contribution is -2.34. The second kappa shape index (κ2) is 5.71. The van der Waals surface area contributed by atoms with Gasteiger partial charge in [0, 0.05) is 5.54 Å². The first-order valence-electron chi connectivity index (χ1n) is 6.76. The van der Waals surface area contributed by atoms with Gasteiger partial charge in [0.25, 0.3) is 0 Å². The summed E-state index contributed by atoms with van der Waals surface area (Å²) in [4.78, 5) is 0.349. The quantitative estimate of drug-likeness (QED) is 0.796. The molecular formula is C14H22N2O3S. The van der Waals surface area contributed by atoms with Crippen molar-refractivity contribution in [1.29, 1.82) is 0 Å². The van der Waals surface area contributed by atoms with Gasteiger partial charge in [-0.2, -0.15) is 0 Å². The van der Waals surface area contributed by atoms with Crippen LogP contribution in [0.2, 0.25) is 0 Å². The van der Waals surface area contributed by atoms with Crippen molar-refractivity contribution in [3.8, 4) is 5.75 Å². The predicted octanol–water partition coefficient (Wildman–Crippen LogP) is 1.29. The summed E-state index contributed by atoms with van der Waals surface area (Å²) in [6.45, 7) is 2.65. The minimum Gasteiger partial charge on any atom is -0.497 e. The summed E-state index contributed by atoms with van der Waals surface area (Å²) >= 11 is 0. The van der Waals surface area contributed by atoms with E-state index in [0.29, 0.717) is 23.6 Å². The van der Waals surface area contributed by atoms with Crippen molar-refractivity contribution in [1.82, 2.24) is 10.0 Å². The topological polar surface area (TPSA) is 67.4 Å². The van der Waals surface area contributed by atoms with Gasteiger partial charge in [-0.3, -0.25) is 0 Å². The van der Waals surface area contributed by atoms with E-state index in [1.807, 2.05) is 14.0 Å². The fourth-order valence-electron chi connectivity index (χ4n) is 2.07. The first kappa shape index (κ1) is 15.3. The normalized spacial score (nSPS) is 16.9. The Morgan fingerprint density at radius 2 is 2.05 bits per heavy atom. The van der Waals surface area contributed by atoms with Gasteiger partial charge in [-0.05, 0) is 63.5 Å². The molecule has 1 saturated carbocycles. The van der Waals surface area contributed by atoms with E-state index in [2.05, 4.69) is 10.0 Å². The Morgan fingerprint density at radius 1 is 1.35 bits per heavy atom. The third kappa shape index (κ3) is 3.50. The van der Waals surface area contributed by atoms with Crippen LogP contribution in [-0.4, -0.2) is 34.7 Å². The van der Waals surface area contributed by atoms with E-state index in [0.717, 1.165) is 18.4 Å². The van der Waals surface area contributed by atoms with Gasteiger partial charge >= 0.3 is 0 Å². The molecular weight excluding hydrogens is 276 g/mol. The molecule has 2 rings (SSSR count). The van der Waals surface area contributed by atoms with Crippen LogP contribution >= 0.6 is 0 Å². The molecule has 1 aliphatic carbocycles. The second-order valence-corrected chi connectivity index (χ2v) is 7.14. The van der Waals surface area contributed by atoms with Gasteiger partial charge < -0.3 is 10.1 Å². The smallest absolute Gasteiger partial charge is 0.241 e. The summed E-state index contributed by atoms with van der Waals surface area (Å²) in [5.74, 6) is 0.674. The number of hydrogen-bond acceptors (Lipinski definition) is 4.